The molecule has 3 aromatic heterocycles. The van der Waals surface area contributed by atoms with Crippen LogP contribution in [0.2, 0.25) is 0 Å². The standard InChI is InChI=1S/C21H21N7O2/c1-12-4-3-5-13(6-12)27-7-14-15(8-27)17(14)19-24-16(30-25-19)9-28-11-23-20-18(21(28)29)26(2)10-22-20/h3-6,10-11,14-15,17H,7-9H2,1-2H3/t14-,15+,17?. The Balaban J connectivity index is 1.17. The fraction of sp³-hybridized carbons (Fsp3) is 0.381. The molecule has 0 N–H and O–H groups in total. The van der Waals surface area contributed by atoms with Crippen molar-refractivity contribution in [3.8, 4) is 0 Å². The summed E-state index contributed by atoms with van der Waals surface area (Å²) < 4.78 is 8.61. The van der Waals surface area contributed by atoms with E-state index in [0.29, 0.717) is 34.8 Å². The molecule has 0 spiro atoms. The molecule has 0 radical (unpaired) electrons. The zero-order valence-electron chi connectivity index (χ0n) is 16.8. The van der Waals surface area contributed by atoms with Crippen molar-refractivity contribution in [2.24, 2.45) is 18.9 Å². The van der Waals surface area contributed by atoms with Crippen LogP contribution in [0.25, 0.3) is 11.2 Å². The number of fused-ring (bicyclic) bond motifs is 2. The van der Waals surface area contributed by atoms with Crippen molar-refractivity contribution in [2.75, 3.05) is 18.0 Å². The van der Waals surface area contributed by atoms with Gasteiger partial charge in [0.25, 0.3) is 5.56 Å². The molecule has 4 aromatic rings. The highest BCUT2D eigenvalue weighted by molar-refractivity contribution is 5.68. The minimum absolute atomic E-state index is 0.170. The minimum Gasteiger partial charge on any atom is -0.371 e. The molecule has 9 nitrogen and oxygen atoms in total. The summed E-state index contributed by atoms with van der Waals surface area (Å²) in [6, 6.07) is 8.63. The molecule has 0 bridgehead atoms. The molecule has 0 amide bonds. The maximum absolute atomic E-state index is 12.7. The number of hydrogen-bond acceptors (Lipinski definition) is 7. The molecule has 4 heterocycles. The maximum Gasteiger partial charge on any atom is 0.280 e. The molecule has 1 aromatic carbocycles. The largest absolute Gasteiger partial charge is 0.371 e. The van der Waals surface area contributed by atoms with E-state index in [-0.39, 0.29) is 12.1 Å². The van der Waals surface area contributed by atoms with Gasteiger partial charge in [0.05, 0.1) is 6.33 Å². The SMILES string of the molecule is Cc1cccc(N2C[C@@H]3C(c4noc(Cn5cnc6ncn(C)c6c5=O)n4)[C@@H]3C2)c1. The van der Waals surface area contributed by atoms with Gasteiger partial charge in [0.2, 0.25) is 5.89 Å². The van der Waals surface area contributed by atoms with Gasteiger partial charge < -0.3 is 14.0 Å². The van der Waals surface area contributed by atoms with Crippen LogP contribution in [0.1, 0.15) is 23.2 Å². The van der Waals surface area contributed by atoms with E-state index in [0.717, 1.165) is 18.9 Å². The predicted molar refractivity (Wildman–Crippen MR) is 109 cm³/mol. The third-order valence-corrected chi connectivity index (χ3v) is 6.35. The Kier molecular flexibility index (Phi) is 3.62. The maximum atomic E-state index is 12.7. The van der Waals surface area contributed by atoms with Crippen LogP contribution in [0.4, 0.5) is 5.69 Å². The van der Waals surface area contributed by atoms with E-state index >= 15 is 0 Å². The molecule has 1 saturated carbocycles. The second-order valence-corrected chi connectivity index (χ2v) is 8.35. The average Bonchev–Trinajstić information content (AvgIpc) is 3.16. The van der Waals surface area contributed by atoms with Crippen LogP contribution >= 0.6 is 0 Å². The van der Waals surface area contributed by atoms with Crippen LogP contribution in [0.5, 0.6) is 0 Å². The number of hydrogen-bond donors (Lipinski definition) is 0. The van der Waals surface area contributed by atoms with Crippen LogP contribution in [-0.4, -0.2) is 42.3 Å². The summed E-state index contributed by atoms with van der Waals surface area (Å²) in [7, 11) is 1.78. The first-order valence-electron chi connectivity index (χ1n) is 10.1. The second-order valence-electron chi connectivity index (χ2n) is 8.35. The minimum atomic E-state index is -0.170. The van der Waals surface area contributed by atoms with Crippen molar-refractivity contribution in [1.82, 2.24) is 29.2 Å². The van der Waals surface area contributed by atoms with Gasteiger partial charge in [-0.1, -0.05) is 17.3 Å². The zero-order chi connectivity index (χ0) is 20.4. The van der Waals surface area contributed by atoms with E-state index in [9.17, 15) is 4.79 Å². The third kappa shape index (κ3) is 2.65. The van der Waals surface area contributed by atoms with Gasteiger partial charge in [0.1, 0.15) is 12.9 Å². The molecule has 1 saturated heterocycles. The summed E-state index contributed by atoms with van der Waals surface area (Å²) in [4.78, 5) is 28.1. The summed E-state index contributed by atoms with van der Waals surface area (Å²) in [5.74, 6) is 2.65. The summed E-state index contributed by atoms with van der Waals surface area (Å²) in [6.45, 7) is 4.36. The topological polar surface area (TPSA) is 94.9 Å². The van der Waals surface area contributed by atoms with Gasteiger partial charge in [0.15, 0.2) is 17.0 Å². The van der Waals surface area contributed by atoms with Gasteiger partial charge in [-0.05, 0) is 36.5 Å². The Morgan fingerprint density at radius 2 is 1.97 bits per heavy atom. The van der Waals surface area contributed by atoms with Crippen molar-refractivity contribution in [1.29, 1.82) is 0 Å². The summed E-state index contributed by atoms with van der Waals surface area (Å²) in [6.07, 6.45) is 3.06. The number of piperidine rings is 1. The van der Waals surface area contributed by atoms with E-state index in [4.69, 9.17) is 4.52 Å². The van der Waals surface area contributed by atoms with E-state index < -0.39 is 0 Å². The normalized spacial score (nSPS) is 22.6. The summed E-state index contributed by atoms with van der Waals surface area (Å²) in [5.41, 5.74) is 3.30. The number of anilines is 1. The molecule has 2 fully saturated rings. The Morgan fingerprint density at radius 1 is 1.17 bits per heavy atom. The Bertz CT molecular complexity index is 1310. The van der Waals surface area contributed by atoms with Crippen LogP contribution in [0.3, 0.4) is 0 Å². The van der Waals surface area contributed by atoms with E-state index in [2.05, 4.69) is 56.2 Å². The molecular weight excluding hydrogens is 382 g/mol. The molecule has 1 aliphatic carbocycles. The summed E-state index contributed by atoms with van der Waals surface area (Å²) in [5, 5.41) is 4.21. The molecule has 6 rings (SSSR count). The third-order valence-electron chi connectivity index (χ3n) is 6.35. The van der Waals surface area contributed by atoms with Crippen molar-refractivity contribution in [3.05, 3.63) is 64.6 Å². The molecule has 3 atom stereocenters. The van der Waals surface area contributed by atoms with Gasteiger partial charge in [-0.3, -0.25) is 9.36 Å². The van der Waals surface area contributed by atoms with Crippen molar-refractivity contribution in [3.63, 3.8) is 0 Å². The average molecular weight is 403 g/mol. The van der Waals surface area contributed by atoms with Crippen LogP contribution in [0.15, 0.2) is 46.2 Å². The Hall–Kier alpha value is -3.49. The number of rotatable bonds is 4. The second kappa shape index (κ2) is 6.25. The lowest BCUT2D eigenvalue weighted by atomic mass is 10.2. The lowest BCUT2D eigenvalue weighted by Crippen LogP contribution is -2.24. The van der Waals surface area contributed by atoms with Gasteiger partial charge in [-0.15, -0.1) is 0 Å². The first-order chi connectivity index (χ1) is 14.6. The van der Waals surface area contributed by atoms with Crippen LogP contribution in [0, 0.1) is 18.8 Å². The van der Waals surface area contributed by atoms with Crippen LogP contribution in [-0.2, 0) is 13.6 Å². The van der Waals surface area contributed by atoms with Gasteiger partial charge >= 0.3 is 0 Å². The van der Waals surface area contributed by atoms with Gasteiger partial charge in [0, 0.05) is 31.7 Å². The van der Waals surface area contributed by atoms with Crippen molar-refractivity contribution >= 4 is 16.9 Å². The number of benzene rings is 1. The van der Waals surface area contributed by atoms with Crippen molar-refractivity contribution < 1.29 is 4.52 Å². The number of aryl methyl sites for hydroxylation is 2. The molecule has 2 aliphatic rings. The number of aromatic nitrogens is 6. The smallest absolute Gasteiger partial charge is 0.280 e. The summed E-state index contributed by atoms with van der Waals surface area (Å²) >= 11 is 0. The number of imidazole rings is 1. The highest BCUT2D eigenvalue weighted by Gasteiger charge is 2.58. The first-order valence-corrected chi connectivity index (χ1v) is 10.1. The van der Waals surface area contributed by atoms with Gasteiger partial charge in [-0.25, -0.2) is 9.97 Å². The lowest BCUT2D eigenvalue weighted by molar-refractivity contribution is 0.363. The monoisotopic (exact) mass is 403 g/mol. The van der Waals surface area contributed by atoms with Gasteiger partial charge in [-0.2, -0.15) is 4.98 Å². The predicted octanol–water partition coefficient (Wildman–Crippen LogP) is 1.72. The molecule has 9 heteroatoms. The lowest BCUT2D eigenvalue weighted by Gasteiger charge is -2.21. The molecule has 1 unspecified atom stereocenters. The highest BCUT2D eigenvalue weighted by atomic mass is 16.5. The fourth-order valence-electron chi connectivity index (χ4n) is 4.74. The molecular formula is C21H21N7O2. The van der Waals surface area contributed by atoms with E-state index in [1.54, 1.807) is 17.9 Å². The van der Waals surface area contributed by atoms with Crippen LogP contribution < -0.4 is 10.5 Å². The Labute approximate surface area is 172 Å². The molecule has 30 heavy (non-hydrogen) atoms. The molecule has 152 valence electrons. The fourth-order valence-corrected chi connectivity index (χ4v) is 4.74. The first kappa shape index (κ1) is 17.4. The van der Waals surface area contributed by atoms with E-state index in [1.807, 2.05) is 0 Å². The number of nitrogens with zero attached hydrogens (tertiary/aromatic N) is 7. The quantitative estimate of drug-likeness (QED) is 0.512. The Morgan fingerprint density at radius 3 is 2.77 bits per heavy atom. The highest BCUT2D eigenvalue weighted by Crippen LogP contribution is 2.57. The van der Waals surface area contributed by atoms with Crippen molar-refractivity contribution in [2.45, 2.75) is 19.4 Å². The zero-order valence-corrected chi connectivity index (χ0v) is 16.8. The molecule has 1 aliphatic heterocycles. The van der Waals surface area contributed by atoms with E-state index in [1.165, 1.54) is 22.1 Å².